The molecule has 1 aromatic carbocycles. The first-order valence-electron chi connectivity index (χ1n) is 6.99. The van der Waals surface area contributed by atoms with Crippen molar-refractivity contribution in [2.24, 2.45) is 0 Å². The number of rotatable bonds is 8. The molecule has 5 nitrogen and oxygen atoms in total. The molecule has 1 N–H and O–H groups in total. The summed E-state index contributed by atoms with van der Waals surface area (Å²) in [6.07, 6.45) is 1.73. The Morgan fingerprint density at radius 3 is 2.62 bits per heavy atom. The fourth-order valence-corrected chi connectivity index (χ4v) is 2.92. The molecule has 0 saturated heterocycles. The zero-order valence-corrected chi connectivity index (χ0v) is 13.5. The molecule has 6 heteroatoms. The zero-order valence-electron chi connectivity index (χ0n) is 12.7. The molecule has 1 aromatic rings. The molecule has 0 radical (unpaired) electrons. The first kappa shape index (κ1) is 17.6. The van der Waals surface area contributed by atoms with Crippen LogP contribution in [-0.4, -0.2) is 27.7 Å². The number of nitriles is 1. The van der Waals surface area contributed by atoms with Crippen LogP contribution in [0.25, 0.3) is 0 Å². The van der Waals surface area contributed by atoms with E-state index in [0.29, 0.717) is 24.3 Å². The van der Waals surface area contributed by atoms with Crippen molar-refractivity contribution in [3.05, 3.63) is 29.3 Å². The van der Waals surface area contributed by atoms with Crippen LogP contribution in [0.2, 0.25) is 0 Å². The van der Waals surface area contributed by atoms with Gasteiger partial charge in [0.1, 0.15) is 0 Å². The molecular formula is C15H22N2O3S. The topological polar surface area (TPSA) is 79.2 Å². The summed E-state index contributed by atoms with van der Waals surface area (Å²) < 4.78 is 32.2. The molecule has 21 heavy (non-hydrogen) atoms. The van der Waals surface area contributed by atoms with Crippen LogP contribution < -0.4 is 4.72 Å². The molecular weight excluding hydrogens is 288 g/mol. The molecule has 1 rings (SSSR count). The average Bonchev–Trinajstić information content (AvgIpc) is 2.42. The van der Waals surface area contributed by atoms with Crippen LogP contribution in [0.15, 0.2) is 23.1 Å². The third kappa shape index (κ3) is 5.84. The summed E-state index contributed by atoms with van der Waals surface area (Å²) in [6, 6.07) is 6.52. The molecule has 0 aliphatic rings. The Balaban J connectivity index is 2.51. The van der Waals surface area contributed by atoms with E-state index in [1.807, 2.05) is 19.9 Å². The number of aryl methyl sites for hydroxylation is 1. The summed E-state index contributed by atoms with van der Waals surface area (Å²) in [4.78, 5) is 0.192. The summed E-state index contributed by atoms with van der Waals surface area (Å²) in [5.41, 5.74) is 1.14. The Kier molecular flexibility index (Phi) is 6.82. The fourth-order valence-electron chi connectivity index (χ4n) is 1.76. The van der Waals surface area contributed by atoms with E-state index in [9.17, 15) is 8.42 Å². The van der Waals surface area contributed by atoms with Crippen LogP contribution in [0.1, 0.15) is 37.8 Å². The fraction of sp³-hybridized carbons (Fsp3) is 0.533. The normalized spacial score (nSPS) is 11.6. The molecule has 0 aliphatic carbocycles. The van der Waals surface area contributed by atoms with Crippen molar-refractivity contribution in [3.8, 4) is 6.07 Å². The molecule has 0 aliphatic heterocycles. The Labute approximate surface area is 127 Å². The smallest absolute Gasteiger partial charge is 0.240 e. The van der Waals surface area contributed by atoms with Crippen LogP contribution in [-0.2, 0) is 14.8 Å². The number of hydrogen-bond acceptors (Lipinski definition) is 4. The van der Waals surface area contributed by atoms with Gasteiger partial charge in [0, 0.05) is 13.2 Å². The predicted molar refractivity (Wildman–Crippen MR) is 81.4 cm³/mol. The van der Waals surface area contributed by atoms with Crippen molar-refractivity contribution in [1.82, 2.24) is 4.72 Å². The Hall–Kier alpha value is -1.42. The second-order valence-corrected chi connectivity index (χ2v) is 6.88. The highest BCUT2D eigenvalue weighted by Gasteiger charge is 2.14. The van der Waals surface area contributed by atoms with Gasteiger partial charge in [0.05, 0.1) is 22.6 Å². The van der Waals surface area contributed by atoms with Crippen molar-refractivity contribution in [2.45, 2.75) is 44.6 Å². The highest BCUT2D eigenvalue weighted by molar-refractivity contribution is 7.89. The summed E-state index contributed by atoms with van der Waals surface area (Å²) in [7, 11) is -3.51. The van der Waals surface area contributed by atoms with Gasteiger partial charge in [-0.25, -0.2) is 13.1 Å². The van der Waals surface area contributed by atoms with Crippen molar-refractivity contribution >= 4 is 10.0 Å². The Bertz CT molecular complexity index is 604. The van der Waals surface area contributed by atoms with Gasteiger partial charge >= 0.3 is 0 Å². The number of ether oxygens (including phenoxy) is 1. The molecule has 0 atom stereocenters. The first-order valence-corrected chi connectivity index (χ1v) is 8.47. The van der Waals surface area contributed by atoms with E-state index in [0.717, 1.165) is 12.8 Å². The molecule has 0 spiro atoms. The number of benzene rings is 1. The van der Waals surface area contributed by atoms with E-state index in [1.165, 1.54) is 18.2 Å². The van der Waals surface area contributed by atoms with E-state index in [2.05, 4.69) is 4.72 Å². The molecule has 0 heterocycles. The first-order chi connectivity index (χ1) is 9.86. The minimum absolute atomic E-state index is 0.192. The lowest BCUT2D eigenvalue weighted by molar-refractivity contribution is 0.0762. The van der Waals surface area contributed by atoms with Gasteiger partial charge in [-0.2, -0.15) is 5.26 Å². The lowest BCUT2D eigenvalue weighted by Crippen LogP contribution is -2.25. The van der Waals surface area contributed by atoms with Gasteiger partial charge in [-0.3, -0.25) is 0 Å². The second-order valence-electron chi connectivity index (χ2n) is 5.11. The second kappa shape index (κ2) is 8.13. The standard InChI is InChI=1S/C15H22N2O3S/c1-12(2)20-9-5-4-8-17-21(18,19)15-7-6-14(11-16)13(3)10-15/h6-7,10,12,17H,4-5,8-9H2,1-3H3. The third-order valence-electron chi connectivity index (χ3n) is 2.94. The van der Waals surface area contributed by atoms with Crippen molar-refractivity contribution in [2.75, 3.05) is 13.2 Å². The van der Waals surface area contributed by atoms with Gasteiger partial charge in [-0.1, -0.05) is 0 Å². The quantitative estimate of drug-likeness (QED) is 0.748. The summed E-state index contributed by atoms with van der Waals surface area (Å²) in [5.74, 6) is 0. The molecule has 116 valence electrons. The minimum atomic E-state index is -3.51. The zero-order chi connectivity index (χ0) is 15.9. The minimum Gasteiger partial charge on any atom is -0.379 e. The van der Waals surface area contributed by atoms with Gasteiger partial charge in [0.15, 0.2) is 0 Å². The highest BCUT2D eigenvalue weighted by Crippen LogP contribution is 2.14. The average molecular weight is 310 g/mol. The lowest BCUT2D eigenvalue weighted by Gasteiger charge is -2.09. The molecule has 0 saturated carbocycles. The van der Waals surface area contributed by atoms with E-state index >= 15 is 0 Å². The van der Waals surface area contributed by atoms with E-state index in [1.54, 1.807) is 6.92 Å². The highest BCUT2D eigenvalue weighted by atomic mass is 32.2. The number of nitrogens with zero attached hydrogens (tertiary/aromatic N) is 1. The van der Waals surface area contributed by atoms with Crippen LogP contribution in [0.3, 0.4) is 0 Å². The number of hydrogen-bond donors (Lipinski definition) is 1. The maximum Gasteiger partial charge on any atom is 0.240 e. The summed E-state index contributed by atoms with van der Waals surface area (Å²) >= 11 is 0. The summed E-state index contributed by atoms with van der Waals surface area (Å²) in [5, 5.41) is 8.85. The Morgan fingerprint density at radius 2 is 2.05 bits per heavy atom. The van der Waals surface area contributed by atoms with Crippen LogP contribution in [0.5, 0.6) is 0 Å². The van der Waals surface area contributed by atoms with Crippen LogP contribution >= 0.6 is 0 Å². The number of sulfonamides is 1. The molecule has 0 aromatic heterocycles. The predicted octanol–water partition coefficient (Wildman–Crippen LogP) is 2.35. The van der Waals surface area contributed by atoms with Crippen LogP contribution in [0.4, 0.5) is 0 Å². The van der Waals surface area contributed by atoms with E-state index in [-0.39, 0.29) is 11.0 Å². The van der Waals surface area contributed by atoms with Gasteiger partial charge in [-0.05, 0) is 57.4 Å². The van der Waals surface area contributed by atoms with E-state index in [4.69, 9.17) is 10.00 Å². The van der Waals surface area contributed by atoms with Crippen molar-refractivity contribution < 1.29 is 13.2 Å². The van der Waals surface area contributed by atoms with Crippen molar-refractivity contribution in [3.63, 3.8) is 0 Å². The Morgan fingerprint density at radius 1 is 1.33 bits per heavy atom. The van der Waals surface area contributed by atoms with Gasteiger partial charge in [0.2, 0.25) is 10.0 Å². The van der Waals surface area contributed by atoms with Gasteiger partial charge < -0.3 is 4.74 Å². The number of unbranched alkanes of at least 4 members (excludes halogenated alkanes) is 1. The largest absolute Gasteiger partial charge is 0.379 e. The molecule has 0 unspecified atom stereocenters. The molecule has 0 fully saturated rings. The third-order valence-corrected chi connectivity index (χ3v) is 4.40. The van der Waals surface area contributed by atoms with Gasteiger partial charge in [0.25, 0.3) is 0 Å². The molecule has 0 amide bonds. The van der Waals surface area contributed by atoms with Gasteiger partial charge in [-0.15, -0.1) is 0 Å². The van der Waals surface area contributed by atoms with E-state index < -0.39 is 10.0 Å². The number of nitrogens with one attached hydrogen (secondary N) is 1. The maximum atomic E-state index is 12.1. The summed E-state index contributed by atoms with van der Waals surface area (Å²) in [6.45, 7) is 6.67. The lowest BCUT2D eigenvalue weighted by atomic mass is 10.1. The SMILES string of the molecule is Cc1cc(S(=O)(=O)NCCCCOC(C)C)ccc1C#N. The van der Waals surface area contributed by atoms with Crippen LogP contribution in [0, 0.1) is 18.3 Å². The monoisotopic (exact) mass is 310 g/mol. The van der Waals surface area contributed by atoms with Crippen molar-refractivity contribution in [1.29, 1.82) is 5.26 Å². The maximum absolute atomic E-state index is 12.1. The molecule has 0 bridgehead atoms.